The molecule has 1 atom stereocenters. The summed E-state index contributed by atoms with van der Waals surface area (Å²) in [7, 11) is 1.76. The largest absolute Gasteiger partial charge is 0.484 e. The Labute approximate surface area is 149 Å². The Balaban J connectivity index is 1.78. The smallest absolute Gasteiger partial charge is 0.260 e. The van der Waals surface area contributed by atoms with E-state index < -0.39 is 0 Å². The van der Waals surface area contributed by atoms with Crippen molar-refractivity contribution in [1.82, 2.24) is 4.90 Å². The molecular formula is C19H29N3O3. The Kier molecular flexibility index (Phi) is 6.82. The zero-order valence-corrected chi connectivity index (χ0v) is 15.4. The molecule has 1 saturated heterocycles. The third kappa shape index (κ3) is 5.46. The second-order valence-corrected chi connectivity index (χ2v) is 6.94. The van der Waals surface area contributed by atoms with E-state index in [0.717, 1.165) is 25.1 Å². The number of rotatable bonds is 8. The molecule has 0 radical (unpaired) electrons. The molecular weight excluding hydrogens is 318 g/mol. The van der Waals surface area contributed by atoms with Crippen LogP contribution >= 0.6 is 0 Å². The maximum atomic E-state index is 12.1. The van der Waals surface area contributed by atoms with E-state index >= 15 is 0 Å². The number of nitrogens with two attached hydrogens (primary N) is 1. The molecule has 0 saturated carbocycles. The number of benzene rings is 1. The van der Waals surface area contributed by atoms with Gasteiger partial charge < -0.3 is 20.3 Å². The highest BCUT2D eigenvalue weighted by Crippen LogP contribution is 2.23. The van der Waals surface area contributed by atoms with Crippen LogP contribution in [0.3, 0.4) is 0 Å². The fourth-order valence-corrected chi connectivity index (χ4v) is 2.70. The fraction of sp³-hybridized carbons (Fsp3) is 0.579. The van der Waals surface area contributed by atoms with Crippen molar-refractivity contribution in [2.75, 3.05) is 31.6 Å². The van der Waals surface area contributed by atoms with Crippen LogP contribution in [0.1, 0.15) is 33.1 Å². The lowest BCUT2D eigenvalue weighted by Gasteiger charge is -2.21. The lowest BCUT2D eigenvalue weighted by atomic mass is 10.0. The number of likely N-dealkylation sites (N-methyl/N-ethyl adjacent to an activating group) is 1. The summed E-state index contributed by atoms with van der Waals surface area (Å²) in [6.07, 6.45) is 2.29. The summed E-state index contributed by atoms with van der Waals surface area (Å²) in [5.74, 6) is 1.11. The van der Waals surface area contributed by atoms with E-state index in [0.29, 0.717) is 24.6 Å². The number of ether oxygens (including phenoxy) is 1. The number of hydrogen-bond donors (Lipinski definition) is 1. The molecule has 0 aromatic heterocycles. The van der Waals surface area contributed by atoms with Crippen LogP contribution in [0.4, 0.5) is 5.69 Å². The first-order valence-electron chi connectivity index (χ1n) is 8.91. The van der Waals surface area contributed by atoms with E-state index in [-0.39, 0.29) is 24.5 Å². The van der Waals surface area contributed by atoms with Crippen LogP contribution in [0.25, 0.3) is 0 Å². The predicted molar refractivity (Wildman–Crippen MR) is 98.6 cm³/mol. The van der Waals surface area contributed by atoms with Crippen molar-refractivity contribution in [2.24, 2.45) is 11.7 Å². The average molecular weight is 347 g/mol. The van der Waals surface area contributed by atoms with Gasteiger partial charge in [0.2, 0.25) is 5.91 Å². The van der Waals surface area contributed by atoms with Crippen molar-refractivity contribution in [1.29, 1.82) is 0 Å². The van der Waals surface area contributed by atoms with Crippen molar-refractivity contribution in [3.63, 3.8) is 0 Å². The molecule has 25 heavy (non-hydrogen) atoms. The van der Waals surface area contributed by atoms with Crippen LogP contribution in [0.2, 0.25) is 0 Å². The Morgan fingerprint density at radius 1 is 1.32 bits per heavy atom. The monoisotopic (exact) mass is 347 g/mol. The molecule has 6 nitrogen and oxygen atoms in total. The Morgan fingerprint density at radius 3 is 2.56 bits per heavy atom. The zero-order chi connectivity index (χ0) is 18.4. The Morgan fingerprint density at radius 2 is 2.00 bits per heavy atom. The van der Waals surface area contributed by atoms with E-state index in [1.165, 1.54) is 0 Å². The SMILES string of the molecule is CC(C)C(N)CCN(C)C(=O)COc1ccc(N2CCCC2=O)cc1. The van der Waals surface area contributed by atoms with Gasteiger partial charge in [0.05, 0.1) is 0 Å². The summed E-state index contributed by atoms with van der Waals surface area (Å²) < 4.78 is 5.56. The highest BCUT2D eigenvalue weighted by molar-refractivity contribution is 5.95. The summed E-state index contributed by atoms with van der Waals surface area (Å²) in [5, 5.41) is 0. The average Bonchev–Trinajstić information content (AvgIpc) is 3.03. The first-order chi connectivity index (χ1) is 11.9. The third-order valence-corrected chi connectivity index (χ3v) is 4.66. The summed E-state index contributed by atoms with van der Waals surface area (Å²) >= 11 is 0. The van der Waals surface area contributed by atoms with Gasteiger partial charge >= 0.3 is 0 Å². The van der Waals surface area contributed by atoms with Crippen LogP contribution in [-0.4, -0.2) is 49.5 Å². The van der Waals surface area contributed by atoms with Crippen LogP contribution in [0.15, 0.2) is 24.3 Å². The van der Waals surface area contributed by atoms with Gasteiger partial charge in [0.15, 0.2) is 6.61 Å². The standard InChI is InChI=1S/C19H29N3O3/c1-14(2)17(20)10-12-21(3)19(24)13-25-16-8-6-15(7-9-16)22-11-4-5-18(22)23/h6-9,14,17H,4-5,10-13,20H2,1-3H3. The highest BCUT2D eigenvalue weighted by Gasteiger charge is 2.21. The van der Waals surface area contributed by atoms with Crippen LogP contribution in [0, 0.1) is 5.92 Å². The molecule has 1 aromatic carbocycles. The lowest BCUT2D eigenvalue weighted by molar-refractivity contribution is -0.132. The third-order valence-electron chi connectivity index (χ3n) is 4.66. The number of anilines is 1. The number of carbonyl (C=O) groups is 2. The minimum absolute atomic E-state index is 0.00456. The van der Waals surface area contributed by atoms with E-state index in [1.807, 2.05) is 12.1 Å². The van der Waals surface area contributed by atoms with Crippen molar-refractivity contribution in [3.8, 4) is 5.75 Å². The molecule has 2 N–H and O–H groups in total. The summed E-state index contributed by atoms with van der Waals surface area (Å²) in [4.78, 5) is 27.3. The predicted octanol–water partition coefficient (Wildman–Crippen LogP) is 2.02. The molecule has 138 valence electrons. The summed E-state index contributed by atoms with van der Waals surface area (Å²) in [6.45, 7) is 5.54. The molecule has 2 rings (SSSR count). The Bertz CT molecular complexity index is 586. The summed E-state index contributed by atoms with van der Waals surface area (Å²) in [5.41, 5.74) is 6.88. The van der Waals surface area contributed by atoms with Gasteiger partial charge in [-0.25, -0.2) is 0 Å². The molecule has 1 heterocycles. The van der Waals surface area contributed by atoms with E-state index in [1.54, 1.807) is 29.0 Å². The first-order valence-corrected chi connectivity index (χ1v) is 8.91. The molecule has 0 bridgehead atoms. The van der Waals surface area contributed by atoms with Crippen molar-refractivity contribution in [2.45, 2.75) is 39.2 Å². The van der Waals surface area contributed by atoms with Gasteiger partial charge in [-0.2, -0.15) is 0 Å². The number of nitrogens with zero attached hydrogens (tertiary/aromatic N) is 2. The fourth-order valence-electron chi connectivity index (χ4n) is 2.70. The van der Waals surface area contributed by atoms with Gasteiger partial charge in [-0.1, -0.05) is 13.8 Å². The molecule has 6 heteroatoms. The molecule has 1 aliphatic heterocycles. The minimum atomic E-state index is -0.0743. The normalized spacial score (nSPS) is 15.6. The van der Waals surface area contributed by atoms with Crippen molar-refractivity contribution < 1.29 is 14.3 Å². The molecule has 0 aliphatic carbocycles. The number of hydrogen-bond acceptors (Lipinski definition) is 4. The second-order valence-electron chi connectivity index (χ2n) is 6.94. The van der Waals surface area contributed by atoms with Gasteiger partial charge in [-0.3, -0.25) is 9.59 Å². The molecule has 2 amide bonds. The topological polar surface area (TPSA) is 75.9 Å². The Hall–Kier alpha value is -2.08. The van der Waals surface area contributed by atoms with Gasteiger partial charge in [-0.05, 0) is 43.0 Å². The molecule has 1 aromatic rings. The van der Waals surface area contributed by atoms with Crippen molar-refractivity contribution in [3.05, 3.63) is 24.3 Å². The van der Waals surface area contributed by atoms with Gasteiger partial charge in [0.1, 0.15) is 5.75 Å². The molecule has 1 aliphatic rings. The van der Waals surface area contributed by atoms with Crippen molar-refractivity contribution >= 4 is 17.5 Å². The molecule has 0 spiro atoms. The zero-order valence-electron chi connectivity index (χ0n) is 15.4. The minimum Gasteiger partial charge on any atom is -0.484 e. The molecule has 1 unspecified atom stereocenters. The number of amides is 2. The lowest BCUT2D eigenvalue weighted by Crippen LogP contribution is -2.36. The summed E-state index contributed by atoms with van der Waals surface area (Å²) in [6, 6.07) is 7.39. The van der Waals surface area contributed by atoms with Gasteiger partial charge in [0.25, 0.3) is 5.91 Å². The number of carbonyl (C=O) groups excluding carboxylic acids is 2. The van der Waals surface area contributed by atoms with Gasteiger partial charge in [0, 0.05) is 38.3 Å². The maximum absolute atomic E-state index is 12.1. The first kappa shape index (κ1) is 19.2. The maximum Gasteiger partial charge on any atom is 0.260 e. The van der Waals surface area contributed by atoms with E-state index in [9.17, 15) is 9.59 Å². The van der Waals surface area contributed by atoms with E-state index in [4.69, 9.17) is 10.5 Å². The van der Waals surface area contributed by atoms with Crippen LogP contribution in [0.5, 0.6) is 5.75 Å². The highest BCUT2D eigenvalue weighted by atomic mass is 16.5. The van der Waals surface area contributed by atoms with Crippen LogP contribution in [-0.2, 0) is 9.59 Å². The van der Waals surface area contributed by atoms with Gasteiger partial charge in [-0.15, -0.1) is 0 Å². The second kappa shape index (κ2) is 8.85. The van der Waals surface area contributed by atoms with Crippen LogP contribution < -0.4 is 15.4 Å². The molecule has 1 fully saturated rings. The van der Waals surface area contributed by atoms with E-state index in [2.05, 4.69) is 13.8 Å². The quantitative estimate of drug-likeness (QED) is 0.781.